The molecule has 2 rings (SSSR count). The first kappa shape index (κ1) is 14.7. The molecule has 0 bridgehead atoms. The molecule has 2 aromatic rings. The zero-order chi connectivity index (χ0) is 15.6. The largest absolute Gasteiger partial charge is 0.505 e. The summed E-state index contributed by atoms with van der Waals surface area (Å²) in [5.74, 6) is -1.04. The summed E-state index contributed by atoms with van der Waals surface area (Å²) in [6.07, 6.45) is -4.44. The minimum absolute atomic E-state index is 0.0371. The Balaban J connectivity index is 2.18. The number of nitrogens with one attached hydrogen (secondary N) is 1. The summed E-state index contributed by atoms with van der Waals surface area (Å²) >= 11 is 0. The van der Waals surface area contributed by atoms with Crippen molar-refractivity contribution in [2.45, 2.75) is 6.18 Å². The van der Waals surface area contributed by atoms with Crippen molar-refractivity contribution in [1.29, 1.82) is 0 Å². The molecule has 110 valence electrons. The average molecular weight is 296 g/mol. The number of anilines is 2. The second kappa shape index (κ2) is 5.35. The van der Waals surface area contributed by atoms with Crippen LogP contribution in [0.3, 0.4) is 0 Å². The lowest BCUT2D eigenvalue weighted by Gasteiger charge is -2.10. The van der Waals surface area contributed by atoms with Gasteiger partial charge in [-0.05, 0) is 36.4 Å². The SMILES string of the molecule is Nc1cccc(C(=O)Nc2ccc(C(F)(F)F)cc2)c1O. The van der Waals surface area contributed by atoms with Gasteiger partial charge in [-0.2, -0.15) is 13.2 Å². The van der Waals surface area contributed by atoms with Crippen LogP contribution in [0.1, 0.15) is 15.9 Å². The van der Waals surface area contributed by atoms with Crippen LogP contribution in [0.4, 0.5) is 24.5 Å². The van der Waals surface area contributed by atoms with E-state index in [1.54, 1.807) is 0 Å². The van der Waals surface area contributed by atoms with E-state index >= 15 is 0 Å². The van der Waals surface area contributed by atoms with Crippen molar-refractivity contribution in [3.8, 4) is 5.75 Å². The number of phenolic OH excluding ortho intramolecular Hbond substituents is 1. The molecule has 0 aliphatic carbocycles. The van der Waals surface area contributed by atoms with Gasteiger partial charge in [0, 0.05) is 5.69 Å². The van der Waals surface area contributed by atoms with Gasteiger partial charge in [0.15, 0.2) is 5.75 Å². The Hall–Kier alpha value is -2.70. The molecule has 0 saturated heterocycles. The standard InChI is InChI=1S/C14H11F3N2O2/c15-14(16,17)8-4-6-9(7-5-8)19-13(21)10-2-1-3-11(18)12(10)20/h1-7,20H,18H2,(H,19,21). The smallest absolute Gasteiger partial charge is 0.416 e. The number of benzene rings is 2. The summed E-state index contributed by atoms with van der Waals surface area (Å²) in [6, 6.07) is 8.23. The maximum atomic E-state index is 12.4. The molecule has 4 N–H and O–H groups in total. The lowest BCUT2D eigenvalue weighted by atomic mass is 10.1. The van der Waals surface area contributed by atoms with Crippen LogP contribution in [0.2, 0.25) is 0 Å². The van der Waals surface area contributed by atoms with E-state index in [9.17, 15) is 23.1 Å². The maximum Gasteiger partial charge on any atom is 0.416 e. The van der Waals surface area contributed by atoms with Gasteiger partial charge in [-0.25, -0.2) is 0 Å². The van der Waals surface area contributed by atoms with E-state index in [-0.39, 0.29) is 22.7 Å². The summed E-state index contributed by atoms with van der Waals surface area (Å²) in [6.45, 7) is 0. The van der Waals surface area contributed by atoms with Crippen molar-refractivity contribution >= 4 is 17.3 Å². The first-order chi connectivity index (χ1) is 9.79. The van der Waals surface area contributed by atoms with Gasteiger partial charge in [0.2, 0.25) is 0 Å². The highest BCUT2D eigenvalue weighted by atomic mass is 19.4. The molecule has 0 fully saturated rings. The van der Waals surface area contributed by atoms with E-state index in [1.165, 1.54) is 18.2 Å². The minimum Gasteiger partial charge on any atom is -0.505 e. The van der Waals surface area contributed by atoms with Gasteiger partial charge in [-0.1, -0.05) is 6.07 Å². The van der Waals surface area contributed by atoms with E-state index in [1.807, 2.05) is 0 Å². The second-order valence-electron chi connectivity index (χ2n) is 4.27. The van der Waals surface area contributed by atoms with Crippen LogP contribution < -0.4 is 11.1 Å². The molecule has 0 aliphatic heterocycles. The number of alkyl halides is 3. The number of nitrogen functional groups attached to an aromatic ring is 1. The van der Waals surface area contributed by atoms with E-state index in [4.69, 9.17) is 5.73 Å². The Labute approximate surface area is 118 Å². The number of hydrogen-bond acceptors (Lipinski definition) is 3. The van der Waals surface area contributed by atoms with Crippen LogP contribution >= 0.6 is 0 Å². The number of halogens is 3. The van der Waals surface area contributed by atoms with Crippen LogP contribution in [-0.4, -0.2) is 11.0 Å². The minimum atomic E-state index is -4.44. The predicted molar refractivity (Wildman–Crippen MR) is 71.9 cm³/mol. The third-order valence-corrected chi connectivity index (χ3v) is 2.78. The normalized spacial score (nSPS) is 11.2. The van der Waals surface area contributed by atoms with Gasteiger partial charge in [-0.3, -0.25) is 4.79 Å². The molecule has 2 aromatic carbocycles. The quantitative estimate of drug-likeness (QED) is 0.588. The van der Waals surface area contributed by atoms with Crippen LogP contribution in [0.15, 0.2) is 42.5 Å². The molecule has 7 heteroatoms. The maximum absolute atomic E-state index is 12.4. The molecule has 0 unspecified atom stereocenters. The van der Waals surface area contributed by atoms with Crippen molar-refractivity contribution in [3.05, 3.63) is 53.6 Å². The van der Waals surface area contributed by atoms with Gasteiger partial charge < -0.3 is 16.2 Å². The molecule has 0 aliphatic rings. The summed E-state index contributed by atoms with van der Waals surface area (Å²) in [5.41, 5.74) is 4.80. The number of rotatable bonds is 2. The Bertz CT molecular complexity index is 667. The number of phenols is 1. The van der Waals surface area contributed by atoms with Crippen LogP contribution in [0.25, 0.3) is 0 Å². The van der Waals surface area contributed by atoms with Crippen molar-refractivity contribution in [3.63, 3.8) is 0 Å². The van der Waals surface area contributed by atoms with Crippen LogP contribution in [-0.2, 0) is 6.18 Å². The highest BCUT2D eigenvalue weighted by Crippen LogP contribution is 2.30. The Morgan fingerprint density at radius 1 is 1.10 bits per heavy atom. The number of nitrogens with two attached hydrogens (primary N) is 1. The molecule has 0 radical (unpaired) electrons. The van der Waals surface area contributed by atoms with Gasteiger partial charge >= 0.3 is 6.18 Å². The zero-order valence-electron chi connectivity index (χ0n) is 10.6. The highest BCUT2D eigenvalue weighted by molar-refractivity contribution is 6.07. The number of carbonyl (C=O) groups is 1. The predicted octanol–water partition coefficient (Wildman–Crippen LogP) is 3.25. The van der Waals surface area contributed by atoms with Crippen LogP contribution in [0, 0.1) is 0 Å². The van der Waals surface area contributed by atoms with Crippen molar-refractivity contribution in [2.24, 2.45) is 0 Å². The molecule has 21 heavy (non-hydrogen) atoms. The van der Waals surface area contributed by atoms with Gasteiger partial charge in [0.25, 0.3) is 5.91 Å². The van der Waals surface area contributed by atoms with Crippen LogP contribution in [0.5, 0.6) is 5.75 Å². The van der Waals surface area contributed by atoms with Crippen molar-refractivity contribution < 1.29 is 23.1 Å². The monoisotopic (exact) mass is 296 g/mol. The van der Waals surface area contributed by atoms with Gasteiger partial charge in [0.1, 0.15) is 0 Å². The molecule has 0 spiro atoms. The van der Waals surface area contributed by atoms with E-state index in [0.717, 1.165) is 24.3 Å². The molecular weight excluding hydrogens is 285 g/mol. The molecule has 0 heterocycles. The number of carbonyl (C=O) groups excluding carboxylic acids is 1. The first-order valence-electron chi connectivity index (χ1n) is 5.85. The number of amides is 1. The lowest BCUT2D eigenvalue weighted by Crippen LogP contribution is -2.13. The fraction of sp³-hybridized carbons (Fsp3) is 0.0714. The highest BCUT2D eigenvalue weighted by Gasteiger charge is 2.30. The fourth-order valence-corrected chi connectivity index (χ4v) is 1.69. The average Bonchev–Trinajstić information content (AvgIpc) is 2.41. The van der Waals surface area contributed by atoms with Gasteiger partial charge in [0.05, 0.1) is 16.8 Å². The van der Waals surface area contributed by atoms with Crippen molar-refractivity contribution in [2.75, 3.05) is 11.1 Å². The summed E-state index contributed by atoms with van der Waals surface area (Å²) in [7, 11) is 0. The molecule has 0 saturated carbocycles. The molecule has 4 nitrogen and oxygen atoms in total. The topological polar surface area (TPSA) is 75.4 Å². The summed E-state index contributed by atoms with van der Waals surface area (Å²) in [5, 5.41) is 12.0. The van der Waals surface area contributed by atoms with E-state index < -0.39 is 17.6 Å². The Morgan fingerprint density at radius 3 is 2.29 bits per heavy atom. The number of aromatic hydroxyl groups is 1. The first-order valence-corrected chi connectivity index (χ1v) is 5.85. The third-order valence-electron chi connectivity index (χ3n) is 2.78. The zero-order valence-corrected chi connectivity index (χ0v) is 10.6. The fourth-order valence-electron chi connectivity index (χ4n) is 1.69. The second-order valence-corrected chi connectivity index (χ2v) is 4.27. The van der Waals surface area contributed by atoms with E-state index in [0.29, 0.717) is 0 Å². The molecule has 0 aromatic heterocycles. The molecular formula is C14H11F3N2O2. The number of hydrogen-bond donors (Lipinski definition) is 3. The molecule has 1 amide bonds. The Morgan fingerprint density at radius 2 is 1.71 bits per heavy atom. The van der Waals surface area contributed by atoms with Gasteiger partial charge in [-0.15, -0.1) is 0 Å². The lowest BCUT2D eigenvalue weighted by molar-refractivity contribution is -0.137. The molecule has 0 atom stereocenters. The Kier molecular flexibility index (Phi) is 3.75. The van der Waals surface area contributed by atoms with E-state index in [2.05, 4.69) is 5.32 Å². The summed E-state index contributed by atoms with van der Waals surface area (Å²) in [4.78, 5) is 11.9. The number of para-hydroxylation sites is 1. The van der Waals surface area contributed by atoms with Crippen molar-refractivity contribution in [1.82, 2.24) is 0 Å². The third kappa shape index (κ3) is 3.25. The summed E-state index contributed by atoms with van der Waals surface area (Å²) < 4.78 is 37.2.